The van der Waals surface area contributed by atoms with Gasteiger partial charge in [0, 0.05) is 39.7 Å². The SMILES string of the molecule is COC(CN)CC(=O)NCCC(=O)N1CCOCC1. The largest absolute Gasteiger partial charge is 0.380 e. The van der Waals surface area contributed by atoms with E-state index < -0.39 is 0 Å². The van der Waals surface area contributed by atoms with E-state index >= 15 is 0 Å². The summed E-state index contributed by atoms with van der Waals surface area (Å²) < 4.78 is 10.2. The van der Waals surface area contributed by atoms with Gasteiger partial charge in [-0.25, -0.2) is 0 Å². The van der Waals surface area contributed by atoms with Crippen LogP contribution < -0.4 is 11.1 Å². The quantitative estimate of drug-likeness (QED) is 0.602. The lowest BCUT2D eigenvalue weighted by atomic mass is 10.2. The van der Waals surface area contributed by atoms with Crippen molar-refractivity contribution in [3.05, 3.63) is 0 Å². The third kappa shape index (κ3) is 6.00. The van der Waals surface area contributed by atoms with Crippen LogP contribution in [-0.2, 0) is 19.1 Å². The number of methoxy groups -OCH3 is 1. The average molecular weight is 273 g/mol. The molecule has 0 spiro atoms. The highest BCUT2D eigenvalue weighted by Gasteiger charge is 2.17. The van der Waals surface area contributed by atoms with Crippen molar-refractivity contribution in [3.8, 4) is 0 Å². The van der Waals surface area contributed by atoms with Crippen molar-refractivity contribution in [2.24, 2.45) is 5.73 Å². The Morgan fingerprint density at radius 1 is 1.42 bits per heavy atom. The van der Waals surface area contributed by atoms with Crippen molar-refractivity contribution in [2.75, 3.05) is 46.5 Å². The summed E-state index contributed by atoms with van der Waals surface area (Å²) in [4.78, 5) is 25.1. The summed E-state index contributed by atoms with van der Waals surface area (Å²) in [6, 6.07) is 0. The van der Waals surface area contributed by atoms with Crippen LogP contribution in [0.3, 0.4) is 0 Å². The fourth-order valence-corrected chi connectivity index (χ4v) is 1.82. The minimum atomic E-state index is -0.269. The third-order valence-corrected chi connectivity index (χ3v) is 3.03. The Bertz CT molecular complexity index is 289. The molecule has 0 bridgehead atoms. The predicted molar refractivity (Wildman–Crippen MR) is 69.5 cm³/mol. The van der Waals surface area contributed by atoms with Gasteiger partial charge in [-0.2, -0.15) is 0 Å². The van der Waals surface area contributed by atoms with E-state index in [2.05, 4.69) is 5.32 Å². The van der Waals surface area contributed by atoms with Crippen LogP contribution in [0.4, 0.5) is 0 Å². The first-order valence-corrected chi connectivity index (χ1v) is 6.52. The second-order valence-corrected chi connectivity index (χ2v) is 4.39. The summed E-state index contributed by atoms with van der Waals surface area (Å²) in [6.45, 7) is 3.08. The summed E-state index contributed by atoms with van der Waals surface area (Å²) in [5.74, 6) is -0.0993. The van der Waals surface area contributed by atoms with Crippen molar-refractivity contribution in [1.29, 1.82) is 0 Å². The number of nitrogens with one attached hydrogen (secondary N) is 1. The Kier molecular flexibility index (Phi) is 7.39. The summed E-state index contributed by atoms with van der Waals surface area (Å²) in [7, 11) is 1.52. The summed E-state index contributed by atoms with van der Waals surface area (Å²) in [5.41, 5.74) is 5.43. The maximum Gasteiger partial charge on any atom is 0.224 e. The molecule has 110 valence electrons. The lowest BCUT2D eigenvalue weighted by Crippen LogP contribution is -2.42. The fourth-order valence-electron chi connectivity index (χ4n) is 1.82. The van der Waals surface area contributed by atoms with E-state index in [1.165, 1.54) is 7.11 Å². The molecule has 1 unspecified atom stereocenters. The van der Waals surface area contributed by atoms with E-state index in [1.54, 1.807) is 4.90 Å². The molecule has 19 heavy (non-hydrogen) atoms. The first-order valence-electron chi connectivity index (χ1n) is 6.52. The van der Waals surface area contributed by atoms with Gasteiger partial charge in [-0.15, -0.1) is 0 Å². The van der Waals surface area contributed by atoms with Crippen LogP contribution in [0.2, 0.25) is 0 Å². The molecule has 0 saturated carbocycles. The molecule has 7 nitrogen and oxygen atoms in total. The van der Waals surface area contributed by atoms with Crippen molar-refractivity contribution < 1.29 is 19.1 Å². The Hall–Kier alpha value is -1.18. The van der Waals surface area contributed by atoms with Gasteiger partial charge in [-0.3, -0.25) is 9.59 Å². The van der Waals surface area contributed by atoms with Gasteiger partial charge in [0.1, 0.15) is 0 Å². The first kappa shape index (κ1) is 15.9. The van der Waals surface area contributed by atoms with E-state index in [0.717, 1.165) is 0 Å². The van der Waals surface area contributed by atoms with E-state index in [4.69, 9.17) is 15.2 Å². The molecule has 1 aliphatic rings. The molecule has 1 heterocycles. The van der Waals surface area contributed by atoms with Gasteiger partial charge in [-0.1, -0.05) is 0 Å². The van der Waals surface area contributed by atoms with Crippen LogP contribution in [0.1, 0.15) is 12.8 Å². The van der Waals surface area contributed by atoms with Gasteiger partial charge in [-0.05, 0) is 0 Å². The number of amides is 2. The second kappa shape index (κ2) is 8.84. The molecule has 1 fully saturated rings. The van der Waals surface area contributed by atoms with Crippen LogP contribution in [0.15, 0.2) is 0 Å². The zero-order valence-electron chi connectivity index (χ0n) is 11.4. The predicted octanol–water partition coefficient (Wildman–Crippen LogP) is -1.28. The van der Waals surface area contributed by atoms with Crippen LogP contribution in [-0.4, -0.2) is 69.3 Å². The summed E-state index contributed by atoms with van der Waals surface area (Å²) >= 11 is 0. The van der Waals surface area contributed by atoms with Crippen molar-refractivity contribution in [3.63, 3.8) is 0 Å². The molecule has 1 aliphatic heterocycles. The summed E-state index contributed by atoms with van der Waals surface area (Å²) in [6.07, 6.45) is 0.264. The van der Waals surface area contributed by atoms with Crippen LogP contribution in [0.5, 0.6) is 0 Å². The van der Waals surface area contributed by atoms with Crippen molar-refractivity contribution in [1.82, 2.24) is 10.2 Å². The van der Waals surface area contributed by atoms with Crippen molar-refractivity contribution >= 4 is 11.8 Å². The molecule has 1 saturated heterocycles. The highest BCUT2D eigenvalue weighted by Crippen LogP contribution is 2.00. The smallest absolute Gasteiger partial charge is 0.224 e. The number of ether oxygens (including phenoxy) is 2. The Labute approximate surface area is 113 Å². The molecule has 1 atom stereocenters. The minimum Gasteiger partial charge on any atom is -0.380 e. The second-order valence-electron chi connectivity index (χ2n) is 4.39. The first-order chi connectivity index (χ1) is 9.17. The van der Waals surface area contributed by atoms with E-state index in [0.29, 0.717) is 45.8 Å². The van der Waals surface area contributed by atoms with Crippen LogP contribution >= 0.6 is 0 Å². The highest BCUT2D eigenvalue weighted by molar-refractivity contribution is 5.79. The highest BCUT2D eigenvalue weighted by atomic mass is 16.5. The monoisotopic (exact) mass is 273 g/mol. The lowest BCUT2D eigenvalue weighted by molar-refractivity contribution is -0.135. The van der Waals surface area contributed by atoms with Crippen LogP contribution in [0.25, 0.3) is 0 Å². The molecule has 0 aromatic carbocycles. The van der Waals surface area contributed by atoms with Gasteiger partial charge in [0.25, 0.3) is 0 Å². The molecule has 7 heteroatoms. The van der Waals surface area contributed by atoms with Gasteiger partial charge >= 0.3 is 0 Å². The molecular formula is C12H23N3O4. The number of rotatable bonds is 7. The minimum absolute atomic E-state index is 0.0470. The van der Waals surface area contributed by atoms with Gasteiger partial charge in [0.15, 0.2) is 0 Å². The molecule has 0 aromatic heterocycles. The number of nitrogens with two attached hydrogens (primary N) is 1. The number of hydrogen-bond donors (Lipinski definition) is 2. The standard InChI is InChI=1S/C12H23N3O4/c1-18-10(9-13)8-11(16)14-3-2-12(17)15-4-6-19-7-5-15/h10H,2-9,13H2,1H3,(H,14,16). The molecule has 0 aliphatic carbocycles. The Morgan fingerprint density at radius 3 is 2.68 bits per heavy atom. The topological polar surface area (TPSA) is 93.9 Å². The van der Waals surface area contributed by atoms with E-state index in [1.807, 2.05) is 0 Å². The number of morpholine rings is 1. The number of carbonyl (C=O) groups excluding carboxylic acids is 2. The maximum absolute atomic E-state index is 11.8. The molecule has 0 aromatic rings. The fraction of sp³-hybridized carbons (Fsp3) is 0.833. The molecule has 3 N–H and O–H groups in total. The molecule has 2 amide bonds. The number of nitrogens with zero attached hydrogens (tertiary/aromatic N) is 1. The average Bonchev–Trinajstić information content (AvgIpc) is 2.45. The Morgan fingerprint density at radius 2 is 2.11 bits per heavy atom. The van der Waals surface area contributed by atoms with Gasteiger partial charge in [0.2, 0.25) is 11.8 Å². The zero-order valence-corrected chi connectivity index (χ0v) is 11.4. The molecular weight excluding hydrogens is 250 g/mol. The molecule has 1 rings (SSSR count). The number of hydrogen-bond acceptors (Lipinski definition) is 5. The maximum atomic E-state index is 11.8. The summed E-state index contributed by atoms with van der Waals surface area (Å²) in [5, 5.41) is 2.70. The zero-order chi connectivity index (χ0) is 14.1. The normalized spacial score (nSPS) is 17.1. The lowest BCUT2D eigenvalue weighted by Gasteiger charge is -2.26. The van der Waals surface area contributed by atoms with E-state index in [-0.39, 0.29) is 24.3 Å². The van der Waals surface area contributed by atoms with Gasteiger partial charge < -0.3 is 25.4 Å². The number of carbonyl (C=O) groups is 2. The van der Waals surface area contributed by atoms with Crippen LogP contribution in [0, 0.1) is 0 Å². The van der Waals surface area contributed by atoms with E-state index in [9.17, 15) is 9.59 Å². The Balaban J connectivity index is 2.15. The third-order valence-electron chi connectivity index (χ3n) is 3.03. The van der Waals surface area contributed by atoms with Gasteiger partial charge in [0.05, 0.1) is 25.7 Å². The van der Waals surface area contributed by atoms with Crippen molar-refractivity contribution in [2.45, 2.75) is 18.9 Å². The molecule has 0 radical (unpaired) electrons.